The zero-order valence-electron chi connectivity index (χ0n) is 23.9. The van der Waals surface area contributed by atoms with Crippen LogP contribution in [0.2, 0.25) is 0 Å². The molecule has 1 saturated carbocycles. The van der Waals surface area contributed by atoms with Gasteiger partial charge in [0.1, 0.15) is 11.8 Å². The van der Waals surface area contributed by atoms with Gasteiger partial charge in [-0.2, -0.15) is 0 Å². The van der Waals surface area contributed by atoms with Gasteiger partial charge in [-0.1, -0.05) is 37.5 Å². The zero-order valence-corrected chi connectivity index (χ0v) is 24.7. The molecule has 39 heavy (non-hydrogen) atoms. The molecular formula is C30H43N3O5S. The number of sulfonamides is 1. The number of methoxy groups -OCH3 is 1. The Bertz CT molecular complexity index is 1220. The fraction of sp³-hybridized carbons (Fsp3) is 0.533. The van der Waals surface area contributed by atoms with Gasteiger partial charge in [0.25, 0.3) is 0 Å². The number of nitrogens with one attached hydrogen (secondary N) is 1. The van der Waals surface area contributed by atoms with Gasteiger partial charge in [-0.25, -0.2) is 8.42 Å². The molecule has 0 aromatic heterocycles. The highest BCUT2D eigenvalue weighted by Crippen LogP contribution is 2.23. The normalized spacial score (nSPS) is 14.9. The summed E-state index contributed by atoms with van der Waals surface area (Å²) in [6.45, 7) is 6.13. The molecule has 214 valence electrons. The molecule has 0 spiro atoms. The van der Waals surface area contributed by atoms with Crippen LogP contribution < -0.4 is 14.4 Å². The molecule has 1 unspecified atom stereocenters. The first-order valence-electron chi connectivity index (χ1n) is 13.8. The number of aryl methyl sites for hydroxylation is 2. The number of amides is 2. The van der Waals surface area contributed by atoms with E-state index in [0.29, 0.717) is 17.9 Å². The van der Waals surface area contributed by atoms with Crippen molar-refractivity contribution in [2.24, 2.45) is 0 Å². The molecular weight excluding hydrogens is 514 g/mol. The predicted octanol–water partition coefficient (Wildman–Crippen LogP) is 4.72. The van der Waals surface area contributed by atoms with Gasteiger partial charge in [-0.15, -0.1) is 0 Å². The minimum absolute atomic E-state index is 0.119. The van der Waals surface area contributed by atoms with Crippen LogP contribution in [0.25, 0.3) is 0 Å². The van der Waals surface area contributed by atoms with Crippen LogP contribution in [0.1, 0.15) is 68.6 Å². The molecule has 1 aliphatic rings. The SMILES string of the molecule is COc1ccc(CN(C(=O)CCCN(c2ccc(C)c(C)c2)S(C)(=O)=O)C(C)C(=O)NC2CCCCC2)cc1. The molecule has 9 heteroatoms. The highest BCUT2D eigenvalue weighted by molar-refractivity contribution is 7.92. The minimum Gasteiger partial charge on any atom is -0.497 e. The first-order valence-corrected chi connectivity index (χ1v) is 15.6. The Balaban J connectivity index is 1.73. The van der Waals surface area contributed by atoms with Crippen molar-refractivity contribution in [3.63, 3.8) is 0 Å². The lowest BCUT2D eigenvalue weighted by Gasteiger charge is -2.31. The van der Waals surface area contributed by atoms with E-state index in [1.165, 1.54) is 17.0 Å². The predicted molar refractivity (Wildman–Crippen MR) is 155 cm³/mol. The second-order valence-electron chi connectivity index (χ2n) is 10.6. The van der Waals surface area contributed by atoms with E-state index >= 15 is 0 Å². The summed E-state index contributed by atoms with van der Waals surface area (Å²) < 4.78 is 31.8. The van der Waals surface area contributed by atoms with Crippen molar-refractivity contribution in [2.45, 2.75) is 84.3 Å². The molecule has 2 amide bonds. The Labute approximate surface area is 233 Å². The topological polar surface area (TPSA) is 96.0 Å². The van der Waals surface area contributed by atoms with Gasteiger partial charge >= 0.3 is 0 Å². The molecule has 0 saturated heterocycles. The Hall–Kier alpha value is -3.07. The van der Waals surface area contributed by atoms with Crippen molar-refractivity contribution in [3.8, 4) is 5.75 Å². The van der Waals surface area contributed by atoms with Crippen LogP contribution in [-0.4, -0.2) is 57.1 Å². The molecule has 1 fully saturated rings. The second kappa shape index (κ2) is 13.8. The van der Waals surface area contributed by atoms with Gasteiger partial charge in [0, 0.05) is 25.6 Å². The smallest absolute Gasteiger partial charge is 0.242 e. The molecule has 0 aliphatic heterocycles. The molecule has 1 aliphatic carbocycles. The number of carbonyl (C=O) groups is 2. The van der Waals surface area contributed by atoms with Gasteiger partial charge in [0.2, 0.25) is 21.8 Å². The van der Waals surface area contributed by atoms with Crippen molar-refractivity contribution in [2.75, 3.05) is 24.2 Å². The zero-order chi connectivity index (χ0) is 28.6. The lowest BCUT2D eigenvalue weighted by molar-refractivity contribution is -0.141. The molecule has 2 aromatic rings. The maximum absolute atomic E-state index is 13.5. The number of rotatable bonds is 12. The van der Waals surface area contributed by atoms with Crippen LogP contribution in [0.4, 0.5) is 5.69 Å². The second-order valence-corrected chi connectivity index (χ2v) is 12.5. The van der Waals surface area contributed by atoms with E-state index < -0.39 is 16.1 Å². The Morgan fingerprint density at radius 2 is 1.69 bits per heavy atom. The van der Waals surface area contributed by atoms with Gasteiger partial charge < -0.3 is 15.0 Å². The van der Waals surface area contributed by atoms with Crippen molar-refractivity contribution in [1.82, 2.24) is 10.2 Å². The van der Waals surface area contributed by atoms with E-state index in [2.05, 4.69) is 5.32 Å². The summed E-state index contributed by atoms with van der Waals surface area (Å²) in [5.74, 6) is 0.370. The van der Waals surface area contributed by atoms with E-state index in [9.17, 15) is 18.0 Å². The molecule has 3 rings (SSSR count). The minimum atomic E-state index is -3.53. The highest BCUT2D eigenvalue weighted by Gasteiger charge is 2.28. The maximum atomic E-state index is 13.5. The summed E-state index contributed by atoms with van der Waals surface area (Å²) in [5.41, 5.74) is 3.55. The number of anilines is 1. The summed E-state index contributed by atoms with van der Waals surface area (Å²) in [7, 11) is -1.94. The summed E-state index contributed by atoms with van der Waals surface area (Å²) >= 11 is 0. The fourth-order valence-electron chi connectivity index (χ4n) is 4.96. The molecule has 0 radical (unpaired) electrons. The summed E-state index contributed by atoms with van der Waals surface area (Å²) in [5, 5.41) is 3.14. The average Bonchev–Trinajstić information content (AvgIpc) is 2.91. The Morgan fingerprint density at radius 3 is 2.28 bits per heavy atom. The Morgan fingerprint density at radius 1 is 1.03 bits per heavy atom. The standard InChI is InChI=1S/C30H43N3O5S/c1-22-13-16-27(20-23(22)2)33(39(5,36)37)19-9-12-29(34)32(21-25-14-17-28(38-4)18-15-25)24(3)30(35)31-26-10-7-6-8-11-26/h13-18,20,24,26H,6-12,19,21H2,1-5H3,(H,31,35). The number of carbonyl (C=O) groups excluding carboxylic acids is 2. The molecule has 2 aromatic carbocycles. The maximum Gasteiger partial charge on any atom is 0.242 e. The highest BCUT2D eigenvalue weighted by atomic mass is 32.2. The Kier molecular flexibility index (Phi) is 10.8. The lowest BCUT2D eigenvalue weighted by Crippen LogP contribution is -2.50. The molecule has 8 nitrogen and oxygen atoms in total. The van der Waals surface area contributed by atoms with E-state index in [1.807, 2.05) is 50.2 Å². The molecule has 0 heterocycles. The van der Waals surface area contributed by atoms with Crippen molar-refractivity contribution in [3.05, 3.63) is 59.2 Å². The van der Waals surface area contributed by atoms with E-state index in [1.54, 1.807) is 25.0 Å². The number of benzene rings is 2. The van der Waals surface area contributed by atoms with Crippen LogP contribution in [0.3, 0.4) is 0 Å². The summed E-state index contributed by atoms with van der Waals surface area (Å²) in [6, 6.07) is 12.5. The van der Waals surface area contributed by atoms with E-state index in [-0.39, 0.29) is 37.4 Å². The third-order valence-corrected chi connectivity index (χ3v) is 8.76. The number of hydrogen-bond acceptors (Lipinski definition) is 5. The number of nitrogens with zero attached hydrogens (tertiary/aromatic N) is 2. The quantitative estimate of drug-likeness (QED) is 0.407. The first-order chi connectivity index (χ1) is 18.5. The number of ether oxygens (including phenoxy) is 1. The van der Waals surface area contributed by atoms with Gasteiger partial charge in [0.15, 0.2) is 0 Å². The summed E-state index contributed by atoms with van der Waals surface area (Å²) in [6.07, 6.45) is 6.95. The van der Waals surface area contributed by atoms with Crippen LogP contribution >= 0.6 is 0 Å². The van der Waals surface area contributed by atoms with Gasteiger partial charge in [-0.05, 0) is 81.0 Å². The van der Waals surface area contributed by atoms with Crippen LogP contribution in [0, 0.1) is 13.8 Å². The van der Waals surface area contributed by atoms with Crippen molar-refractivity contribution < 1.29 is 22.7 Å². The van der Waals surface area contributed by atoms with Crippen molar-refractivity contribution in [1.29, 1.82) is 0 Å². The third-order valence-electron chi connectivity index (χ3n) is 7.56. The van der Waals surface area contributed by atoms with E-state index in [4.69, 9.17) is 4.74 Å². The van der Waals surface area contributed by atoms with Gasteiger partial charge in [-0.3, -0.25) is 13.9 Å². The molecule has 1 N–H and O–H groups in total. The third kappa shape index (κ3) is 8.71. The molecule has 0 bridgehead atoms. The number of hydrogen-bond donors (Lipinski definition) is 1. The average molecular weight is 558 g/mol. The van der Waals surface area contributed by atoms with E-state index in [0.717, 1.165) is 42.4 Å². The molecule has 1 atom stereocenters. The largest absolute Gasteiger partial charge is 0.497 e. The van der Waals surface area contributed by atoms with Crippen molar-refractivity contribution >= 4 is 27.5 Å². The van der Waals surface area contributed by atoms with Crippen LogP contribution in [-0.2, 0) is 26.2 Å². The van der Waals surface area contributed by atoms with Crippen LogP contribution in [0.5, 0.6) is 5.75 Å². The first kappa shape index (κ1) is 30.5. The summed E-state index contributed by atoms with van der Waals surface area (Å²) in [4.78, 5) is 28.3. The fourth-order valence-corrected chi connectivity index (χ4v) is 5.92. The van der Waals surface area contributed by atoms with Gasteiger partial charge in [0.05, 0.1) is 19.1 Å². The lowest BCUT2D eigenvalue weighted by atomic mass is 9.95. The van der Waals surface area contributed by atoms with Crippen LogP contribution in [0.15, 0.2) is 42.5 Å². The monoisotopic (exact) mass is 557 g/mol.